The Morgan fingerprint density at radius 1 is 1.12 bits per heavy atom. The molecule has 0 unspecified atom stereocenters. The van der Waals surface area contributed by atoms with E-state index < -0.39 is 0 Å². The Morgan fingerprint density at radius 3 is 2.54 bits per heavy atom. The van der Waals surface area contributed by atoms with E-state index in [-0.39, 0.29) is 24.0 Å². The first-order valence-electron chi connectivity index (χ1n) is 9.14. The Balaban J connectivity index is 0.00000338. The van der Waals surface area contributed by atoms with E-state index in [1.807, 2.05) is 18.2 Å². The molecule has 1 heterocycles. The molecule has 0 bridgehead atoms. The van der Waals surface area contributed by atoms with E-state index in [9.17, 15) is 0 Å². The van der Waals surface area contributed by atoms with Crippen LogP contribution in [0.5, 0.6) is 11.5 Å². The van der Waals surface area contributed by atoms with Gasteiger partial charge in [-0.2, -0.15) is 0 Å². The molecule has 1 aliphatic rings. The van der Waals surface area contributed by atoms with Crippen molar-refractivity contribution in [3.63, 3.8) is 0 Å². The summed E-state index contributed by atoms with van der Waals surface area (Å²) in [5.41, 5.74) is 1.07. The molecule has 1 aliphatic heterocycles. The van der Waals surface area contributed by atoms with Crippen LogP contribution in [-0.2, 0) is 6.54 Å². The number of methoxy groups -OCH3 is 2. The summed E-state index contributed by atoms with van der Waals surface area (Å²) in [5.74, 6) is 2.42. The molecular formula is C19H33IN4O2. The Kier molecular flexibility index (Phi) is 11.4. The monoisotopic (exact) mass is 476 g/mol. The molecule has 148 valence electrons. The van der Waals surface area contributed by atoms with Crippen LogP contribution >= 0.6 is 24.0 Å². The van der Waals surface area contributed by atoms with E-state index >= 15 is 0 Å². The zero-order valence-electron chi connectivity index (χ0n) is 16.2. The predicted molar refractivity (Wildman–Crippen MR) is 118 cm³/mol. The molecular weight excluding hydrogens is 443 g/mol. The summed E-state index contributed by atoms with van der Waals surface area (Å²) in [7, 11) is 5.12. The lowest BCUT2D eigenvalue weighted by atomic mass is 10.2. The van der Waals surface area contributed by atoms with Crippen molar-refractivity contribution in [1.29, 1.82) is 0 Å². The van der Waals surface area contributed by atoms with Gasteiger partial charge in [0.15, 0.2) is 5.96 Å². The molecule has 0 saturated carbocycles. The summed E-state index contributed by atoms with van der Waals surface area (Å²) in [5, 5.41) is 6.72. The summed E-state index contributed by atoms with van der Waals surface area (Å²) in [6.45, 7) is 5.37. The smallest absolute Gasteiger partial charge is 0.191 e. The van der Waals surface area contributed by atoms with Crippen molar-refractivity contribution < 1.29 is 9.47 Å². The fraction of sp³-hybridized carbons (Fsp3) is 0.632. The maximum absolute atomic E-state index is 5.43. The van der Waals surface area contributed by atoms with Crippen molar-refractivity contribution in [2.45, 2.75) is 32.2 Å². The average molecular weight is 476 g/mol. The zero-order valence-corrected chi connectivity index (χ0v) is 18.5. The second-order valence-corrected chi connectivity index (χ2v) is 6.29. The van der Waals surface area contributed by atoms with E-state index in [0.29, 0.717) is 6.54 Å². The van der Waals surface area contributed by atoms with Gasteiger partial charge in [-0.25, -0.2) is 0 Å². The van der Waals surface area contributed by atoms with Crippen LogP contribution in [0.1, 0.15) is 31.2 Å². The molecule has 6 nitrogen and oxygen atoms in total. The molecule has 1 saturated heterocycles. The minimum absolute atomic E-state index is 0. The van der Waals surface area contributed by atoms with Gasteiger partial charge in [0.1, 0.15) is 11.5 Å². The largest absolute Gasteiger partial charge is 0.497 e. The summed E-state index contributed by atoms with van der Waals surface area (Å²) in [4.78, 5) is 6.84. The summed E-state index contributed by atoms with van der Waals surface area (Å²) < 4.78 is 10.7. The standard InChI is InChI=1S/C19H32N4O2.HI/c1-20-19(21-10-4-5-11-23-12-6-7-13-23)22-15-16-8-9-17(24-2)14-18(16)25-3;/h8-9,14H,4-7,10-13,15H2,1-3H3,(H2,20,21,22);1H. The van der Waals surface area contributed by atoms with E-state index in [1.54, 1.807) is 21.3 Å². The number of unbranched alkanes of at least 4 members (excludes halogenated alkanes) is 1. The number of halogens is 1. The fourth-order valence-corrected chi connectivity index (χ4v) is 3.07. The molecule has 1 aromatic carbocycles. The predicted octanol–water partition coefficient (Wildman–Crippen LogP) is 2.86. The highest BCUT2D eigenvalue weighted by Gasteiger charge is 2.10. The number of likely N-dealkylation sites (tertiary alicyclic amines) is 1. The van der Waals surface area contributed by atoms with Crippen LogP contribution in [0, 0.1) is 0 Å². The lowest BCUT2D eigenvalue weighted by Gasteiger charge is -2.16. The second-order valence-electron chi connectivity index (χ2n) is 6.29. The first kappa shape index (κ1) is 22.8. The second kappa shape index (κ2) is 13.0. The van der Waals surface area contributed by atoms with Crippen LogP contribution in [0.3, 0.4) is 0 Å². The molecule has 0 atom stereocenters. The van der Waals surface area contributed by atoms with Crippen molar-refractivity contribution in [3.8, 4) is 11.5 Å². The number of rotatable bonds is 9. The molecule has 0 aromatic heterocycles. The van der Waals surface area contributed by atoms with E-state index in [4.69, 9.17) is 9.47 Å². The van der Waals surface area contributed by atoms with E-state index in [0.717, 1.165) is 36.0 Å². The van der Waals surface area contributed by atoms with Crippen LogP contribution in [-0.4, -0.2) is 58.3 Å². The number of guanidine groups is 1. The van der Waals surface area contributed by atoms with Crippen LogP contribution < -0.4 is 20.1 Å². The maximum Gasteiger partial charge on any atom is 0.191 e. The number of hydrogen-bond donors (Lipinski definition) is 2. The highest BCUT2D eigenvalue weighted by molar-refractivity contribution is 14.0. The molecule has 2 rings (SSSR count). The number of benzene rings is 1. The normalized spacial score (nSPS) is 14.7. The third kappa shape index (κ3) is 7.57. The summed E-state index contributed by atoms with van der Waals surface area (Å²) in [6.07, 6.45) is 5.12. The van der Waals surface area contributed by atoms with Gasteiger partial charge in [0.2, 0.25) is 0 Å². The van der Waals surface area contributed by atoms with Crippen LogP contribution in [0.2, 0.25) is 0 Å². The van der Waals surface area contributed by atoms with Gasteiger partial charge in [-0.3, -0.25) is 4.99 Å². The van der Waals surface area contributed by atoms with Gasteiger partial charge in [0.05, 0.1) is 14.2 Å². The first-order valence-corrected chi connectivity index (χ1v) is 9.14. The molecule has 26 heavy (non-hydrogen) atoms. The molecule has 0 amide bonds. The van der Waals surface area contributed by atoms with Crippen LogP contribution in [0.15, 0.2) is 23.2 Å². The Labute approximate surface area is 174 Å². The number of ether oxygens (including phenoxy) is 2. The molecule has 2 N–H and O–H groups in total. The van der Waals surface area contributed by atoms with Crippen molar-refractivity contribution >= 4 is 29.9 Å². The number of nitrogens with zero attached hydrogens (tertiary/aromatic N) is 2. The molecule has 7 heteroatoms. The SMILES string of the molecule is CN=C(NCCCCN1CCCC1)NCc1ccc(OC)cc1OC.I. The summed E-state index contributed by atoms with van der Waals surface area (Å²) >= 11 is 0. The van der Waals surface area contributed by atoms with E-state index in [1.165, 1.54) is 38.9 Å². The lowest BCUT2D eigenvalue weighted by Crippen LogP contribution is -2.37. The number of aliphatic imine (C=N–C) groups is 1. The van der Waals surface area contributed by atoms with Gasteiger partial charge in [-0.1, -0.05) is 0 Å². The minimum Gasteiger partial charge on any atom is -0.497 e. The van der Waals surface area contributed by atoms with Gasteiger partial charge in [0.25, 0.3) is 0 Å². The van der Waals surface area contributed by atoms with Crippen molar-refractivity contribution in [3.05, 3.63) is 23.8 Å². The van der Waals surface area contributed by atoms with Gasteiger partial charge in [0, 0.05) is 31.8 Å². The third-order valence-electron chi connectivity index (χ3n) is 4.56. The number of nitrogens with one attached hydrogen (secondary N) is 2. The topological polar surface area (TPSA) is 58.1 Å². The molecule has 1 fully saturated rings. The fourth-order valence-electron chi connectivity index (χ4n) is 3.07. The molecule has 0 radical (unpaired) electrons. The lowest BCUT2D eigenvalue weighted by molar-refractivity contribution is 0.330. The third-order valence-corrected chi connectivity index (χ3v) is 4.56. The Hall–Kier alpha value is -1.22. The zero-order chi connectivity index (χ0) is 17.9. The van der Waals surface area contributed by atoms with Gasteiger partial charge in [-0.15, -0.1) is 24.0 Å². The van der Waals surface area contributed by atoms with Gasteiger partial charge < -0.3 is 25.0 Å². The van der Waals surface area contributed by atoms with Crippen molar-refractivity contribution in [2.24, 2.45) is 4.99 Å². The minimum atomic E-state index is 0. The average Bonchev–Trinajstić information content (AvgIpc) is 3.17. The van der Waals surface area contributed by atoms with Crippen LogP contribution in [0.4, 0.5) is 0 Å². The first-order chi connectivity index (χ1) is 12.3. The Morgan fingerprint density at radius 2 is 1.88 bits per heavy atom. The number of hydrogen-bond acceptors (Lipinski definition) is 4. The molecule has 1 aromatic rings. The quantitative estimate of drug-likeness (QED) is 0.249. The van der Waals surface area contributed by atoms with Crippen LogP contribution in [0.25, 0.3) is 0 Å². The highest BCUT2D eigenvalue weighted by Crippen LogP contribution is 2.24. The van der Waals surface area contributed by atoms with Crippen molar-refractivity contribution in [1.82, 2.24) is 15.5 Å². The maximum atomic E-state index is 5.43. The molecule has 0 aliphatic carbocycles. The van der Waals surface area contributed by atoms with E-state index in [2.05, 4.69) is 20.5 Å². The van der Waals surface area contributed by atoms with Gasteiger partial charge in [-0.05, 0) is 57.5 Å². The van der Waals surface area contributed by atoms with Gasteiger partial charge >= 0.3 is 0 Å². The highest BCUT2D eigenvalue weighted by atomic mass is 127. The summed E-state index contributed by atoms with van der Waals surface area (Å²) in [6, 6.07) is 5.84. The van der Waals surface area contributed by atoms with Crippen molar-refractivity contribution in [2.75, 3.05) is 47.4 Å². The Bertz CT molecular complexity index is 548. The molecule has 0 spiro atoms.